The molecule has 2 amide bonds. The van der Waals surface area contributed by atoms with Gasteiger partial charge in [0.15, 0.2) is 0 Å². The van der Waals surface area contributed by atoms with Crippen LogP contribution < -0.4 is 0 Å². The smallest absolute Gasteiger partial charge is 0.242 e. The minimum absolute atomic E-state index is 0.0228. The van der Waals surface area contributed by atoms with E-state index in [-0.39, 0.29) is 24.8 Å². The summed E-state index contributed by atoms with van der Waals surface area (Å²) in [5.74, 6) is -0.175. The second kappa shape index (κ2) is 11.0. The number of nitrogens with zero attached hydrogens (tertiary/aromatic N) is 3. The van der Waals surface area contributed by atoms with E-state index in [1.165, 1.54) is 0 Å². The molecule has 0 aliphatic rings. The predicted molar refractivity (Wildman–Crippen MR) is 123 cm³/mol. The minimum Gasteiger partial charge on any atom is -0.353 e. The van der Waals surface area contributed by atoms with Gasteiger partial charge in [-0.1, -0.05) is 66.7 Å². The van der Waals surface area contributed by atoms with Crippen molar-refractivity contribution in [2.45, 2.75) is 19.5 Å². The summed E-state index contributed by atoms with van der Waals surface area (Å²) in [6.07, 6.45) is 3.89. The molecule has 0 N–H and O–H groups in total. The first-order valence-corrected chi connectivity index (χ1v) is 10.4. The fraction of sp³-hybridized carbons (Fsp3) is 0.231. The average molecular weight is 416 g/mol. The standard InChI is InChI=1S/C26H29N3O2/c1-3-16-28(25(30)18-22-11-6-4-7-12-22)21-26(31)29(19-23-13-8-5-9-14-23)20-24-15-10-17-27(24)2/h3-15,17H,1,16,18-21H2,2H3. The largest absolute Gasteiger partial charge is 0.353 e. The molecule has 0 aliphatic heterocycles. The number of rotatable bonds is 10. The van der Waals surface area contributed by atoms with E-state index in [4.69, 9.17) is 0 Å². The van der Waals surface area contributed by atoms with Crippen molar-refractivity contribution in [1.82, 2.24) is 14.4 Å². The predicted octanol–water partition coefficient (Wildman–Crippen LogP) is 3.81. The lowest BCUT2D eigenvalue weighted by Gasteiger charge is -2.27. The molecule has 2 aromatic carbocycles. The van der Waals surface area contributed by atoms with Crippen molar-refractivity contribution >= 4 is 11.8 Å². The van der Waals surface area contributed by atoms with Gasteiger partial charge in [-0.15, -0.1) is 6.58 Å². The third-order valence-corrected chi connectivity index (χ3v) is 5.20. The van der Waals surface area contributed by atoms with E-state index < -0.39 is 0 Å². The molecule has 0 fully saturated rings. The van der Waals surface area contributed by atoms with Crippen LogP contribution in [0.4, 0.5) is 0 Å². The summed E-state index contributed by atoms with van der Waals surface area (Å²) in [5.41, 5.74) is 3.02. The van der Waals surface area contributed by atoms with Crippen LogP contribution in [-0.4, -0.2) is 39.3 Å². The van der Waals surface area contributed by atoms with Crippen LogP contribution >= 0.6 is 0 Å². The first-order valence-electron chi connectivity index (χ1n) is 10.4. The molecule has 0 spiro atoms. The second-order valence-electron chi connectivity index (χ2n) is 7.57. The van der Waals surface area contributed by atoms with E-state index in [9.17, 15) is 9.59 Å². The van der Waals surface area contributed by atoms with Gasteiger partial charge in [0.2, 0.25) is 11.8 Å². The Bertz CT molecular complexity index is 996. The van der Waals surface area contributed by atoms with Gasteiger partial charge in [-0.05, 0) is 23.3 Å². The summed E-state index contributed by atoms with van der Waals surface area (Å²) in [7, 11) is 1.97. The Labute approximate surface area is 184 Å². The molecule has 0 saturated carbocycles. The van der Waals surface area contributed by atoms with Gasteiger partial charge in [0.25, 0.3) is 0 Å². The maximum Gasteiger partial charge on any atom is 0.242 e. The van der Waals surface area contributed by atoms with Crippen LogP contribution in [-0.2, 0) is 36.1 Å². The number of carbonyl (C=O) groups excluding carboxylic acids is 2. The Hall–Kier alpha value is -3.60. The number of amides is 2. The van der Waals surface area contributed by atoms with Gasteiger partial charge in [0.1, 0.15) is 6.54 Å². The number of aromatic nitrogens is 1. The molecule has 0 atom stereocenters. The third kappa shape index (κ3) is 6.44. The molecule has 3 aromatic rings. The topological polar surface area (TPSA) is 45.6 Å². The summed E-state index contributed by atoms with van der Waals surface area (Å²) in [6, 6.07) is 23.5. The number of carbonyl (C=O) groups is 2. The first-order chi connectivity index (χ1) is 15.1. The summed E-state index contributed by atoms with van der Waals surface area (Å²) in [4.78, 5) is 29.6. The van der Waals surface area contributed by atoms with Crippen molar-refractivity contribution in [3.8, 4) is 0 Å². The molecular weight excluding hydrogens is 386 g/mol. The van der Waals surface area contributed by atoms with Crippen molar-refractivity contribution in [3.63, 3.8) is 0 Å². The van der Waals surface area contributed by atoms with Crippen molar-refractivity contribution in [3.05, 3.63) is 108 Å². The summed E-state index contributed by atoms with van der Waals surface area (Å²) < 4.78 is 2.01. The van der Waals surface area contributed by atoms with Gasteiger partial charge in [-0.3, -0.25) is 9.59 Å². The van der Waals surface area contributed by atoms with Crippen LogP contribution in [0.1, 0.15) is 16.8 Å². The molecule has 0 unspecified atom stereocenters. The molecule has 160 valence electrons. The van der Waals surface area contributed by atoms with E-state index in [0.717, 1.165) is 16.8 Å². The Morgan fingerprint density at radius 1 is 0.839 bits per heavy atom. The SMILES string of the molecule is C=CCN(CC(=O)N(Cc1ccccc1)Cc1cccn1C)C(=O)Cc1ccccc1. The van der Waals surface area contributed by atoms with E-state index in [1.807, 2.05) is 90.6 Å². The van der Waals surface area contributed by atoms with Gasteiger partial charge in [-0.25, -0.2) is 0 Å². The zero-order valence-corrected chi connectivity index (χ0v) is 18.0. The zero-order chi connectivity index (χ0) is 22.1. The molecule has 1 heterocycles. The van der Waals surface area contributed by atoms with Crippen molar-refractivity contribution in [1.29, 1.82) is 0 Å². The van der Waals surface area contributed by atoms with Gasteiger partial charge in [0, 0.05) is 32.0 Å². The number of hydrogen-bond donors (Lipinski definition) is 0. The van der Waals surface area contributed by atoms with Gasteiger partial charge in [-0.2, -0.15) is 0 Å². The summed E-state index contributed by atoms with van der Waals surface area (Å²) >= 11 is 0. The quantitative estimate of drug-likeness (QED) is 0.473. The van der Waals surface area contributed by atoms with Crippen LogP contribution in [0.5, 0.6) is 0 Å². The van der Waals surface area contributed by atoms with Crippen LogP contribution in [0.2, 0.25) is 0 Å². The lowest BCUT2D eigenvalue weighted by molar-refractivity contribution is -0.140. The summed E-state index contributed by atoms with van der Waals surface area (Å²) in [5, 5.41) is 0. The lowest BCUT2D eigenvalue weighted by atomic mass is 10.1. The number of benzene rings is 2. The highest BCUT2D eigenvalue weighted by molar-refractivity contribution is 5.86. The molecule has 0 radical (unpaired) electrons. The molecule has 0 bridgehead atoms. The Morgan fingerprint density at radius 3 is 2.06 bits per heavy atom. The molecule has 5 nitrogen and oxygen atoms in total. The van der Waals surface area contributed by atoms with E-state index in [2.05, 4.69) is 6.58 Å². The average Bonchev–Trinajstić information content (AvgIpc) is 3.18. The van der Waals surface area contributed by atoms with E-state index in [0.29, 0.717) is 19.6 Å². The van der Waals surface area contributed by atoms with Crippen LogP contribution in [0.25, 0.3) is 0 Å². The highest BCUT2D eigenvalue weighted by Gasteiger charge is 2.22. The van der Waals surface area contributed by atoms with Crippen molar-refractivity contribution in [2.75, 3.05) is 13.1 Å². The first kappa shape index (κ1) is 22.1. The van der Waals surface area contributed by atoms with E-state index in [1.54, 1.807) is 15.9 Å². The molecule has 1 aromatic heterocycles. The Balaban J connectivity index is 1.74. The number of aryl methyl sites for hydroxylation is 1. The molecule has 0 saturated heterocycles. The number of hydrogen-bond acceptors (Lipinski definition) is 2. The van der Waals surface area contributed by atoms with Gasteiger partial charge in [0.05, 0.1) is 13.0 Å². The fourth-order valence-electron chi connectivity index (χ4n) is 3.45. The Kier molecular flexibility index (Phi) is 7.82. The maximum absolute atomic E-state index is 13.3. The van der Waals surface area contributed by atoms with Crippen molar-refractivity contribution in [2.24, 2.45) is 7.05 Å². The third-order valence-electron chi connectivity index (χ3n) is 5.20. The van der Waals surface area contributed by atoms with Crippen LogP contribution in [0, 0.1) is 0 Å². The fourth-order valence-corrected chi connectivity index (χ4v) is 3.45. The zero-order valence-electron chi connectivity index (χ0n) is 18.0. The normalized spacial score (nSPS) is 10.5. The van der Waals surface area contributed by atoms with Crippen LogP contribution in [0.3, 0.4) is 0 Å². The molecule has 5 heteroatoms. The van der Waals surface area contributed by atoms with Crippen molar-refractivity contribution < 1.29 is 9.59 Å². The van der Waals surface area contributed by atoms with Gasteiger partial charge >= 0.3 is 0 Å². The maximum atomic E-state index is 13.3. The second-order valence-corrected chi connectivity index (χ2v) is 7.57. The van der Waals surface area contributed by atoms with Crippen LogP contribution in [0.15, 0.2) is 91.6 Å². The highest BCUT2D eigenvalue weighted by Crippen LogP contribution is 2.12. The lowest BCUT2D eigenvalue weighted by Crippen LogP contribution is -2.43. The molecule has 3 rings (SSSR count). The minimum atomic E-state index is -0.0895. The van der Waals surface area contributed by atoms with Gasteiger partial charge < -0.3 is 14.4 Å². The Morgan fingerprint density at radius 2 is 1.48 bits per heavy atom. The summed E-state index contributed by atoms with van der Waals surface area (Å²) in [6.45, 7) is 5.08. The van der Waals surface area contributed by atoms with E-state index >= 15 is 0 Å². The monoisotopic (exact) mass is 415 g/mol. The highest BCUT2D eigenvalue weighted by atomic mass is 16.2. The molecular formula is C26H29N3O2. The molecule has 31 heavy (non-hydrogen) atoms. The molecule has 0 aliphatic carbocycles.